The topological polar surface area (TPSA) is 27.6 Å². The van der Waals surface area contributed by atoms with E-state index in [9.17, 15) is 13.2 Å². The lowest BCUT2D eigenvalue weighted by Gasteiger charge is -2.21. The van der Waals surface area contributed by atoms with E-state index in [1.165, 1.54) is 12.1 Å². The quantitative estimate of drug-likeness (QED) is 0.632. The van der Waals surface area contributed by atoms with Crippen molar-refractivity contribution in [2.45, 2.75) is 25.6 Å². The molecule has 3 nitrogen and oxygen atoms in total. The molecule has 0 aliphatic carbocycles. The molecule has 24 heavy (non-hydrogen) atoms. The van der Waals surface area contributed by atoms with Crippen molar-refractivity contribution in [2.75, 3.05) is 18.4 Å². The van der Waals surface area contributed by atoms with Gasteiger partial charge in [-0.2, -0.15) is 24.5 Å². The minimum atomic E-state index is -4.32. The van der Waals surface area contributed by atoms with Crippen LogP contribution in [0.2, 0.25) is 0 Å². The summed E-state index contributed by atoms with van der Waals surface area (Å²) in [5.41, 5.74) is 1.09. The molecule has 2 heterocycles. The number of hydrogen-bond acceptors (Lipinski definition) is 2. The van der Waals surface area contributed by atoms with Crippen molar-refractivity contribution in [3.63, 3.8) is 0 Å². The first kappa shape index (κ1) is 16.8. The standard InChI is InChI=1S/C17H18F3N3S/c18-17(19,20)14-3-5-15(6-4-14)22-16(23-8-1-2-9-23)21-11-13-7-10-24-12-13/h3-7,10,12H,1-2,8-9,11H2,(H,21,22). The first-order valence-electron chi connectivity index (χ1n) is 7.77. The van der Waals surface area contributed by atoms with Crippen LogP contribution in [-0.4, -0.2) is 23.9 Å². The summed E-state index contributed by atoms with van der Waals surface area (Å²) in [4.78, 5) is 6.77. The number of likely N-dealkylation sites (tertiary alicyclic amines) is 1. The molecule has 7 heteroatoms. The first-order chi connectivity index (χ1) is 11.5. The summed E-state index contributed by atoms with van der Waals surface area (Å²) in [6.45, 7) is 2.38. The van der Waals surface area contributed by atoms with Gasteiger partial charge in [0, 0.05) is 18.8 Å². The molecule has 0 bridgehead atoms. The van der Waals surface area contributed by atoms with E-state index in [0.29, 0.717) is 12.2 Å². The van der Waals surface area contributed by atoms with Crippen molar-refractivity contribution < 1.29 is 13.2 Å². The van der Waals surface area contributed by atoms with Crippen molar-refractivity contribution >= 4 is 23.0 Å². The van der Waals surface area contributed by atoms with Gasteiger partial charge in [0.15, 0.2) is 5.96 Å². The zero-order chi connectivity index (χ0) is 17.0. The molecule has 2 aromatic rings. The van der Waals surface area contributed by atoms with Crippen LogP contribution in [0.15, 0.2) is 46.1 Å². The SMILES string of the molecule is FC(F)(F)c1ccc(NC(=NCc2ccsc2)N2CCCC2)cc1. The Morgan fingerprint density at radius 3 is 2.42 bits per heavy atom. The summed E-state index contributed by atoms with van der Waals surface area (Å²) in [5.74, 6) is 0.721. The Bertz CT molecular complexity index is 672. The van der Waals surface area contributed by atoms with Crippen LogP contribution in [0, 0.1) is 0 Å². The number of thiophene rings is 1. The molecular formula is C17H18F3N3S. The van der Waals surface area contributed by atoms with E-state index < -0.39 is 11.7 Å². The fraction of sp³-hybridized carbons (Fsp3) is 0.353. The highest BCUT2D eigenvalue weighted by Gasteiger charge is 2.30. The second-order valence-corrected chi connectivity index (χ2v) is 6.45. The molecule has 0 radical (unpaired) electrons. The second kappa shape index (κ2) is 7.25. The maximum atomic E-state index is 12.7. The Kier molecular flexibility index (Phi) is 5.08. The number of hydrogen-bond donors (Lipinski definition) is 1. The van der Waals surface area contributed by atoms with Crippen LogP contribution >= 0.6 is 11.3 Å². The molecule has 0 amide bonds. The van der Waals surface area contributed by atoms with Crippen molar-refractivity contribution in [3.05, 3.63) is 52.2 Å². The summed E-state index contributed by atoms with van der Waals surface area (Å²) >= 11 is 1.62. The predicted molar refractivity (Wildman–Crippen MR) is 91.3 cm³/mol. The molecule has 1 aromatic carbocycles. The third kappa shape index (κ3) is 4.29. The normalized spacial score (nSPS) is 15.8. The summed E-state index contributed by atoms with van der Waals surface area (Å²) in [6.07, 6.45) is -2.11. The van der Waals surface area contributed by atoms with E-state index in [1.54, 1.807) is 11.3 Å². The number of rotatable bonds is 3. The number of aliphatic imine (C=N–C) groups is 1. The average Bonchev–Trinajstić information content (AvgIpc) is 3.24. The van der Waals surface area contributed by atoms with E-state index in [-0.39, 0.29) is 0 Å². The van der Waals surface area contributed by atoms with Gasteiger partial charge < -0.3 is 10.2 Å². The van der Waals surface area contributed by atoms with Crippen LogP contribution in [0.5, 0.6) is 0 Å². The number of guanidine groups is 1. The zero-order valence-corrected chi connectivity index (χ0v) is 13.8. The molecule has 1 fully saturated rings. The number of anilines is 1. The monoisotopic (exact) mass is 353 g/mol. The highest BCUT2D eigenvalue weighted by atomic mass is 32.1. The van der Waals surface area contributed by atoms with Gasteiger partial charge in [0.1, 0.15) is 0 Å². The van der Waals surface area contributed by atoms with Crippen LogP contribution in [0.25, 0.3) is 0 Å². The molecule has 128 valence electrons. The van der Waals surface area contributed by atoms with Gasteiger partial charge in [-0.15, -0.1) is 0 Å². The summed E-state index contributed by atoms with van der Waals surface area (Å²) < 4.78 is 38.0. The third-order valence-corrected chi connectivity index (χ3v) is 4.60. The van der Waals surface area contributed by atoms with Gasteiger partial charge in [-0.25, -0.2) is 4.99 Å². The second-order valence-electron chi connectivity index (χ2n) is 5.67. The lowest BCUT2D eigenvalue weighted by molar-refractivity contribution is -0.137. The van der Waals surface area contributed by atoms with Gasteiger partial charge in [0.25, 0.3) is 0 Å². The number of benzene rings is 1. The summed E-state index contributed by atoms with van der Waals surface area (Å²) in [6, 6.07) is 7.08. The smallest absolute Gasteiger partial charge is 0.343 e. The Labute approximate surface area is 142 Å². The molecule has 0 unspecified atom stereocenters. The Hall–Kier alpha value is -2.02. The molecule has 1 saturated heterocycles. The molecule has 1 N–H and O–H groups in total. The van der Waals surface area contributed by atoms with E-state index in [0.717, 1.165) is 49.6 Å². The van der Waals surface area contributed by atoms with Crippen LogP contribution in [0.1, 0.15) is 24.0 Å². The summed E-state index contributed by atoms with van der Waals surface area (Å²) in [5, 5.41) is 7.22. The van der Waals surface area contributed by atoms with E-state index >= 15 is 0 Å². The number of halogens is 3. The van der Waals surface area contributed by atoms with E-state index in [4.69, 9.17) is 0 Å². The number of nitrogens with zero attached hydrogens (tertiary/aromatic N) is 2. The Morgan fingerprint density at radius 1 is 1.12 bits per heavy atom. The molecule has 0 saturated carbocycles. The maximum Gasteiger partial charge on any atom is 0.416 e. The third-order valence-electron chi connectivity index (χ3n) is 3.87. The van der Waals surface area contributed by atoms with Gasteiger partial charge in [0.05, 0.1) is 12.1 Å². The van der Waals surface area contributed by atoms with Gasteiger partial charge in [-0.1, -0.05) is 0 Å². The largest absolute Gasteiger partial charge is 0.416 e. The fourth-order valence-corrected chi connectivity index (χ4v) is 3.23. The van der Waals surface area contributed by atoms with Crippen LogP contribution < -0.4 is 5.32 Å². The van der Waals surface area contributed by atoms with Crippen molar-refractivity contribution in [3.8, 4) is 0 Å². The van der Waals surface area contributed by atoms with Crippen molar-refractivity contribution in [1.29, 1.82) is 0 Å². The van der Waals surface area contributed by atoms with Gasteiger partial charge in [-0.05, 0) is 59.5 Å². The molecule has 1 aliphatic heterocycles. The van der Waals surface area contributed by atoms with Crippen molar-refractivity contribution in [2.24, 2.45) is 4.99 Å². The van der Waals surface area contributed by atoms with Crippen molar-refractivity contribution in [1.82, 2.24) is 4.90 Å². The van der Waals surface area contributed by atoms with Gasteiger partial charge in [-0.3, -0.25) is 0 Å². The molecule has 0 atom stereocenters. The van der Waals surface area contributed by atoms with Gasteiger partial charge in [0.2, 0.25) is 0 Å². The molecule has 1 aliphatic rings. The molecule has 3 rings (SSSR count). The molecule has 0 spiro atoms. The predicted octanol–water partition coefficient (Wildman–Crippen LogP) is 4.83. The highest BCUT2D eigenvalue weighted by Crippen LogP contribution is 2.29. The fourth-order valence-electron chi connectivity index (χ4n) is 2.57. The first-order valence-corrected chi connectivity index (χ1v) is 8.71. The Balaban J connectivity index is 1.74. The zero-order valence-electron chi connectivity index (χ0n) is 13.0. The molecule has 1 aromatic heterocycles. The van der Waals surface area contributed by atoms with Crippen LogP contribution in [0.4, 0.5) is 18.9 Å². The lowest BCUT2D eigenvalue weighted by atomic mass is 10.2. The average molecular weight is 353 g/mol. The van der Waals surface area contributed by atoms with Crippen LogP contribution in [-0.2, 0) is 12.7 Å². The minimum Gasteiger partial charge on any atom is -0.343 e. The number of nitrogens with one attached hydrogen (secondary N) is 1. The van der Waals surface area contributed by atoms with Crippen LogP contribution in [0.3, 0.4) is 0 Å². The molecular weight excluding hydrogens is 335 g/mol. The number of alkyl halides is 3. The van der Waals surface area contributed by atoms with E-state index in [1.807, 2.05) is 16.8 Å². The van der Waals surface area contributed by atoms with Gasteiger partial charge >= 0.3 is 6.18 Å². The highest BCUT2D eigenvalue weighted by molar-refractivity contribution is 7.07. The van der Waals surface area contributed by atoms with E-state index in [2.05, 4.69) is 15.2 Å². The minimum absolute atomic E-state index is 0.559. The maximum absolute atomic E-state index is 12.7. The Morgan fingerprint density at radius 2 is 1.83 bits per heavy atom. The summed E-state index contributed by atoms with van der Waals surface area (Å²) in [7, 11) is 0. The lowest BCUT2D eigenvalue weighted by Crippen LogP contribution is -2.34.